The lowest BCUT2D eigenvalue weighted by Crippen LogP contribution is -2.18. The summed E-state index contributed by atoms with van der Waals surface area (Å²) in [6, 6.07) is 3.04. The van der Waals surface area contributed by atoms with E-state index < -0.39 is 15.8 Å². The van der Waals surface area contributed by atoms with Crippen LogP contribution in [0, 0.1) is 5.92 Å². The third-order valence-electron chi connectivity index (χ3n) is 3.21. The fourth-order valence-corrected chi connectivity index (χ4v) is 3.97. The second kappa shape index (κ2) is 5.66. The summed E-state index contributed by atoms with van der Waals surface area (Å²) in [5, 5.41) is 3.00. The van der Waals surface area contributed by atoms with Gasteiger partial charge in [0.05, 0.1) is 24.3 Å². The number of esters is 1. The second-order valence-corrected chi connectivity index (χ2v) is 7.00. The summed E-state index contributed by atoms with van der Waals surface area (Å²) in [5.41, 5.74) is 6.33. The second-order valence-electron chi connectivity index (χ2n) is 4.78. The van der Waals surface area contributed by atoms with Gasteiger partial charge in [0.25, 0.3) is 0 Å². The Morgan fingerprint density at radius 2 is 2.30 bits per heavy atom. The van der Waals surface area contributed by atoms with Crippen molar-refractivity contribution in [2.24, 2.45) is 5.92 Å². The first kappa shape index (κ1) is 14.6. The van der Waals surface area contributed by atoms with Crippen molar-refractivity contribution >= 4 is 27.3 Å². The highest BCUT2D eigenvalue weighted by Gasteiger charge is 2.27. The van der Waals surface area contributed by atoms with Crippen LogP contribution >= 0.6 is 0 Å². The lowest BCUT2D eigenvalue weighted by atomic mass is 10.1. The maximum Gasteiger partial charge on any atom is 0.356 e. The Kier molecular flexibility index (Phi) is 4.12. The van der Waals surface area contributed by atoms with Crippen LogP contribution < -0.4 is 11.1 Å². The summed E-state index contributed by atoms with van der Waals surface area (Å²) in [6.45, 7) is 0.459. The van der Waals surface area contributed by atoms with Crippen LogP contribution in [-0.2, 0) is 14.6 Å². The first-order chi connectivity index (χ1) is 9.41. The van der Waals surface area contributed by atoms with Gasteiger partial charge in [0, 0.05) is 6.54 Å². The van der Waals surface area contributed by atoms with Crippen molar-refractivity contribution in [1.82, 2.24) is 4.98 Å². The number of methoxy groups -OCH3 is 1. The molecule has 1 aromatic rings. The smallest absolute Gasteiger partial charge is 0.356 e. The van der Waals surface area contributed by atoms with Gasteiger partial charge in [-0.05, 0) is 24.5 Å². The van der Waals surface area contributed by atoms with Crippen LogP contribution in [0.2, 0.25) is 0 Å². The van der Waals surface area contributed by atoms with Crippen LogP contribution in [-0.4, -0.2) is 44.5 Å². The molecule has 0 saturated carbocycles. The molecular weight excluding hydrogens is 282 g/mol. The Hall–Kier alpha value is -1.83. The summed E-state index contributed by atoms with van der Waals surface area (Å²) in [5.74, 6) is 0.276. The maximum atomic E-state index is 11.4. The van der Waals surface area contributed by atoms with E-state index in [0.29, 0.717) is 24.5 Å². The molecule has 0 bridgehead atoms. The van der Waals surface area contributed by atoms with Gasteiger partial charge in [-0.3, -0.25) is 0 Å². The van der Waals surface area contributed by atoms with Gasteiger partial charge in [-0.1, -0.05) is 0 Å². The number of nitrogens with one attached hydrogen (secondary N) is 1. The topological polar surface area (TPSA) is 111 Å². The number of anilines is 2. The molecule has 1 aromatic heterocycles. The highest BCUT2D eigenvalue weighted by molar-refractivity contribution is 7.91. The number of hydrogen-bond acceptors (Lipinski definition) is 7. The zero-order valence-corrected chi connectivity index (χ0v) is 11.9. The predicted octanol–water partition coefficient (Wildman–Crippen LogP) is 0.297. The van der Waals surface area contributed by atoms with Crippen molar-refractivity contribution < 1.29 is 17.9 Å². The first-order valence-electron chi connectivity index (χ1n) is 6.20. The van der Waals surface area contributed by atoms with Crippen LogP contribution in [0.5, 0.6) is 0 Å². The van der Waals surface area contributed by atoms with Crippen molar-refractivity contribution in [3.05, 3.63) is 17.8 Å². The molecule has 0 spiro atoms. The number of nitrogens with two attached hydrogens (primary N) is 1. The average molecular weight is 299 g/mol. The molecule has 0 aromatic carbocycles. The zero-order chi connectivity index (χ0) is 14.8. The molecule has 1 aliphatic rings. The van der Waals surface area contributed by atoms with Crippen molar-refractivity contribution in [2.75, 3.05) is 36.2 Å². The molecule has 110 valence electrons. The van der Waals surface area contributed by atoms with E-state index in [9.17, 15) is 13.2 Å². The summed E-state index contributed by atoms with van der Waals surface area (Å²) in [7, 11) is -1.63. The molecule has 0 amide bonds. The van der Waals surface area contributed by atoms with Crippen LogP contribution in [0.4, 0.5) is 11.5 Å². The minimum absolute atomic E-state index is 0.0444. The predicted molar refractivity (Wildman–Crippen MR) is 75.2 cm³/mol. The Bertz CT molecular complexity index is 615. The number of nitrogen functional groups attached to an aromatic ring is 1. The Labute approximate surface area is 117 Å². The number of nitrogens with zero attached hydrogens (tertiary/aromatic N) is 1. The Morgan fingerprint density at radius 3 is 2.90 bits per heavy atom. The molecule has 8 heteroatoms. The van der Waals surface area contributed by atoms with Crippen LogP contribution in [0.1, 0.15) is 16.9 Å². The van der Waals surface area contributed by atoms with Crippen LogP contribution in [0.15, 0.2) is 12.1 Å². The third kappa shape index (κ3) is 3.38. The van der Waals surface area contributed by atoms with E-state index in [1.807, 2.05) is 0 Å². The molecule has 1 aliphatic heterocycles. The Balaban J connectivity index is 2.04. The summed E-state index contributed by atoms with van der Waals surface area (Å²) >= 11 is 0. The molecule has 1 unspecified atom stereocenters. The van der Waals surface area contributed by atoms with Gasteiger partial charge in [0.1, 0.15) is 5.82 Å². The summed E-state index contributed by atoms with van der Waals surface area (Å²) < 4.78 is 27.3. The van der Waals surface area contributed by atoms with E-state index >= 15 is 0 Å². The number of sulfone groups is 1. The third-order valence-corrected chi connectivity index (χ3v) is 5.04. The summed E-state index contributed by atoms with van der Waals surface area (Å²) in [4.78, 5) is 15.5. The van der Waals surface area contributed by atoms with Gasteiger partial charge in [-0.2, -0.15) is 0 Å². The minimum Gasteiger partial charge on any atom is -0.464 e. The Morgan fingerprint density at radius 1 is 1.55 bits per heavy atom. The largest absolute Gasteiger partial charge is 0.464 e. The van der Waals surface area contributed by atoms with E-state index in [2.05, 4.69) is 15.0 Å². The molecule has 2 rings (SSSR count). The molecule has 3 N–H and O–H groups in total. The van der Waals surface area contributed by atoms with E-state index in [1.54, 1.807) is 6.07 Å². The van der Waals surface area contributed by atoms with Gasteiger partial charge in [0.2, 0.25) is 0 Å². The zero-order valence-electron chi connectivity index (χ0n) is 11.1. The lowest BCUT2D eigenvalue weighted by molar-refractivity contribution is 0.0594. The lowest BCUT2D eigenvalue weighted by Gasteiger charge is -2.12. The highest BCUT2D eigenvalue weighted by Crippen LogP contribution is 2.21. The molecule has 20 heavy (non-hydrogen) atoms. The first-order valence-corrected chi connectivity index (χ1v) is 8.02. The highest BCUT2D eigenvalue weighted by atomic mass is 32.2. The molecule has 1 atom stereocenters. The van der Waals surface area contributed by atoms with Gasteiger partial charge >= 0.3 is 5.97 Å². The normalized spacial score (nSPS) is 20.6. The van der Waals surface area contributed by atoms with E-state index in [1.165, 1.54) is 13.2 Å². The van der Waals surface area contributed by atoms with Gasteiger partial charge in [0.15, 0.2) is 15.5 Å². The fourth-order valence-electron chi connectivity index (χ4n) is 2.10. The van der Waals surface area contributed by atoms with Crippen molar-refractivity contribution in [1.29, 1.82) is 0 Å². The van der Waals surface area contributed by atoms with Crippen molar-refractivity contribution in [2.45, 2.75) is 6.42 Å². The molecule has 0 radical (unpaired) electrons. The van der Waals surface area contributed by atoms with Gasteiger partial charge in [-0.15, -0.1) is 0 Å². The number of carbonyl (C=O) groups excluding carboxylic acids is 1. The van der Waals surface area contributed by atoms with E-state index in [-0.39, 0.29) is 23.1 Å². The monoisotopic (exact) mass is 299 g/mol. The number of hydrogen-bond donors (Lipinski definition) is 2. The SMILES string of the molecule is COC(=O)c1ccc(N)c(NCC2CCS(=O)(=O)C2)n1. The van der Waals surface area contributed by atoms with Crippen LogP contribution in [0.3, 0.4) is 0 Å². The number of rotatable bonds is 4. The standard InChI is InChI=1S/C12H17N3O4S/c1-19-12(16)10-3-2-9(13)11(15-10)14-6-8-4-5-20(17,18)7-8/h2-3,8H,4-7,13H2,1H3,(H,14,15). The van der Waals surface area contributed by atoms with Gasteiger partial charge in [-0.25, -0.2) is 18.2 Å². The molecular formula is C12H17N3O4S. The average Bonchev–Trinajstić information content (AvgIpc) is 2.76. The number of carbonyl (C=O) groups is 1. The van der Waals surface area contributed by atoms with Gasteiger partial charge < -0.3 is 15.8 Å². The number of aromatic nitrogens is 1. The summed E-state index contributed by atoms with van der Waals surface area (Å²) in [6.07, 6.45) is 0.631. The number of ether oxygens (including phenoxy) is 1. The molecule has 7 nitrogen and oxygen atoms in total. The van der Waals surface area contributed by atoms with E-state index in [0.717, 1.165) is 0 Å². The minimum atomic E-state index is -2.90. The molecule has 2 heterocycles. The quantitative estimate of drug-likeness (QED) is 0.769. The van der Waals surface area contributed by atoms with Crippen LogP contribution in [0.25, 0.3) is 0 Å². The van der Waals surface area contributed by atoms with Crippen molar-refractivity contribution in [3.63, 3.8) is 0 Å². The molecule has 0 aliphatic carbocycles. The van der Waals surface area contributed by atoms with E-state index in [4.69, 9.17) is 5.73 Å². The fraction of sp³-hybridized carbons (Fsp3) is 0.500. The molecule has 1 saturated heterocycles. The molecule has 1 fully saturated rings. The maximum absolute atomic E-state index is 11.4. The number of pyridine rings is 1. The van der Waals surface area contributed by atoms with Crippen molar-refractivity contribution in [3.8, 4) is 0 Å².